The van der Waals surface area contributed by atoms with Crippen LogP contribution in [0.1, 0.15) is 22.8 Å². The molecular formula is C20H22N2O7. The summed E-state index contributed by atoms with van der Waals surface area (Å²) in [5.74, 6) is 0.732. The fourth-order valence-corrected chi connectivity index (χ4v) is 2.43. The summed E-state index contributed by atoms with van der Waals surface area (Å²) in [5.41, 5.74) is 3.33. The molecule has 2 rings (SSSR count). The Kier molecular flexibility index (Phi) is 7.41. The van der Waals surface area contributed by atoms with E-state index < -0.39 is 11.9 Å². The van der Waals surface area contributed by atoms with Crippen LogP contribution in [0.3, 0.4) is 0 Å². The third kappa shape index (κ3) is 5.38. The van der Waals surface area contributed by atoms with Gasteiger partial charge in [0.1, 0.15) is 0 Å². The molecule has 0 aliphatic heterocycles. The summed E-state index contributed by atoms with van der Waals surface area (Å²) in [6.45, 7) is 1.28. The van der Waals surface area contributed by atoms with Gasteiger partial charge in [-0.2, -0.15) is 5.10 Å². The summed E-state index contributed by atoms with van der Waals surface area (Å²) in [6, 6.07) is 7.94. The Hall–Kier alpha value is -3.75. The number of hydrogen-bond acceptors (Lipinski definition) is 8. The van der Waals surface area contributed by atoms with Gasteiger partial charge in [0.05, 0.1) is 34.7 Å². The molecule has 29 heavy (non-hydrogen) atoms. The number of nitrogens with zero attached hydrogens (tertiary/aromatic N) is 1. The van der Waals surface area contributed by atoms with E-state index in [1.807, 2.05) is 0 Å². The van der Waals surface area contributed by atoms with Gasteiger partial charge in [0.2, 0.25) is 5.75 Å². The molecule has 9 nitrogen and oxygen atoms in total. The molecule has 1 N–H and O–H groups in total. The summed E-state index contributed by atoms with van der Waals surface area (Å²) >= 11 is 0. The van der Waals surface area contributed by atoms with Crippen molar-refractivity contribution in [1.82, 2.24) is 5.43 Å². The molecule has 154 valence electrons. The standard InChI is InChI=1S/C20H22N2O7/c1-12(23)29-19-17(27-4)8-13(9-18(19)28-5)11-21-22-20(24)14-6-7-15(25-2)16(10-14)26-3/h6-11H,1-5H3,(H,22,24)/b21-11-. The number of hydrogen-bond donors (Lipinski definition) is 1. The maximum absolute atomic E-state index is 12.3. The molecule has 1 amide bonds. The van der Waals surface area contributed by atoms with E-state index in [0.29, 0.717) is 22.6 Å². The molecule has 0 bridgehead atoms. The van der Waals surface area contributed by atoms with E-state index in [0.717, 1.165) is 0 Å². The van der Waals surface area contributed by atoms with Crippen molar-refractivity contribution in [2.75, 3.05) is 28.4 Å². The molecule has 2 aromatic carbocycles. The predicted octanol–water partition coefficient (Wildman–Crippen LogP) is 2.41. The van der Waals surface area contributed by atoms with Crippen LogP contribution in [0.4, 0.5) is 0 Å². The van der Waals surface area contributed by atoms with Crippen molar-refractivity contribution in [3.05, 3.63) is 41.5 Å². The maximum atomic E-state index is 12.3. The van der Waals surface area contributed by atoms with E-state index in [-0.39, 0.29) is 17.2 Å². The fourth-order valence-electron chi connectivity index (χ4n) is 2.43. The largest absolute Gasteiger partial charge is 0.493 e. The lowest BCUT2D eigenvalue weighted by Gasteiger charge is -2.13. The van der Waals surface area contributed by atoms with Gasteiger partial charge < -0.3 is 23.7 Å². The molecule has 0 saturated carbocycles. The number of carbonyl (C=O) groups is 2. The van der Waals surface area contributed by atoms with Crippen LogP contribution in [0.25, 0.3) is 0 Å². The van der Waals surface area contributed by atoms with Crippen LogP contribution in [0.5, 0.6) is 28.7 Å². The first-order valence-electron chi connectivity index (χ1n) is 8.43. The van der Waals surface area contributed by atoms with Crippen LogP contribution in [0.2, 0.25) is 0 Å². The van der Waals surface area contributed by atoms with Crippen LogP contribution < -0.4 is 29.1 Å². The SMILES string of the molecule is COc1ccc(C(=O)N/N=C\c2cc(OC)c(OC(C)=O)c(OC)c2)cc1OC. The predicted molar refractivity (Wildman–Crippen MR) is 105 cm³/mol. The van der Waals surface area contributed by atoms with Crippen molar-refractivity contribution in [3.8, 4) is 28.7 Å². The van der Waals surface area contributed by atoms with Crippen molar-refractivity contribution < 1.29 is 33.3 Å². The number of amides is 1. The Bertz CT molecular complexity index is 900. The Balaban J connectivity index is 2.19. The summed E-state index contributed by atoms with van der Waals surface area (Å²) in [6.07, 6.45) is 1.40. The monoisotopic (exact) mass is 402 g/mol. The van der Waals surface area contributed by atoms with Crippen LogP contribution >= 0.6 is 0 Å². The quantitative estimate of drug-likeness (QED) is 0.313. The van der Waals surface area contributed by atoms with Gasteiger partial charge in [0.15, 0.2) is 23.0 Å². The minimum atomic E-state index is -0.509. The molecule has 0 saturated heterocycles. The first-order chi connectivity index (χ1) is 13.9. The zero-order chi connectivity index (χ0) is 21.4. The Morgan fingerprint density at radius 2 is 1.45 bits per heavy atom. The van der Waals surface area contributed by atoms with E-state index in [9.17, 15) is 9.59 Å². The average Bonchev–Trinajstić information content (AvgIpc) is 2.73. The van der Waals surface area contributed by atoms with E-state index in [1.165, 1.54) is 41.6 Å². The molecule has 9 heteroatoms. The first-order valence-corrected chi connectivity index (χ1v) is 8.43. The van der Waals surface area contributed by atoms with Gasteiger partial charge in [-0.15, -0.1) is 0 Å². The van der Waals surface area contributed by atoms with Crippen molar-refractivity contribution in [2.24, 2.45) is 5.10 Å². The summed E-state index contributed by atoms with van der Waals surface area (Å²) < 4.78 is 25.9. The third-order valence-corrected chi connectivity index (χ3v) is 3.75. The van der Waals surface area contributed by atoms with Crippen molar-refractivity contribution >= 4 is 18.1 Å². The molecule has 0 radical (unpaired) electrons. The minimum absolute atomic E-state index is 0.161. The summed E-state index contributed by atoms with van der Waals surface area (Å²) in [4.78, 5) is 23.6. The smallest absolute Gasteiger partial charge is 0.308 e. The number of esters is 1. The number of ether oxygens (including phenoxy) is 5. The second kappa shape index (κ2) is 9.98. The highest BCUT2D eigenvalue weighted by Crippen LogP contribution is 2.38. The second-order valence-corrected chi connectivity index (χ2v) is 5.62. The first kappa shape index (κ1) is 21.5. The molecule has 0 aliphatic rings. The highest BCUT2D eigenvalue weighted by Gasteiger charge is 2.16. The fraction of sp³-hybridized carbons (Fsp3) is 0.250. The molecule has 2 aromatic rings. The lowest BCUT2D eigenvalue weighted by molar-refractivity contribution is -0.132. The summed E-state index contributed by atoms with van der Waals surface area (Å²) in [7, 11) is 5.86. The van der Waals surface area contributed by atoms with Gasteiger partial charge in [-0.1, -0.05) is 0 Å². The van der Waals surface area contributed by atoms with Crippen molar-refractivity contribution in [2.45, 2.75) is 6.92 Å². The van der Waals surface area contributed by atoms with Crippen molar-refractivity contribution in [3.63, 3.8) is 0 Å². The van der Waals surface area contributed by atoms with E-state index in [2.05, 4.69) is 10.5 Å². The zero-order valence-corrected chi connectivity index (χ0v) is 16.8. The van der Waals surface area contributed by atoms with E-state index in [1.54, 1.807) is 30.3 Å². The molecule has 0 fully saturated rings. The third-order valence-electron chi connectivity index (χ3n) is 3.75. The number of carbonyl (C=O) groups excluding carboxylic acids is 2. The van der Waals surface area contributed by atoms with Gasteiger partial charge in [-0.3, -0.25) is 9.59 Å². The molecule has 0 aromatic heterocycles. The molecule has 0 spiro atoms. The average molecular weight is 402 g/mol. The number of hydrazone groups is 1. The maximum Gasteiger partial charge on any atom is 0.308 e. The van der Waals surface area contributed by atoms with Crippen LogP contribution in [-0.4, -0.2) is 46.5 Å². The number of methoxy groups -OCH3 is 4. The highest BCUT2D eigenvalue weighted by atomic mass is 16.6. The topological polar surface area (TPSA) is 105 Å². The second-order valence-electron chi connectivity index (χ2n) is 5.62. The van der Waals surface area contributed by atoms with E-state index >= 15 is 0 Å². The van der Waals surface area contributed by atoms with Gasteiger partial charge in [-0.05, 0) is 30.3 Å². The normalized spacial score (nSPS) is 10.4. The molecule has 0 atom stereocenters. The van der Waals surface area contributed by atoms with E-state index in [4.69, 9.17) is 23.7 Å². The van der Waals surface area contributed by atoms with Gasteiger partial charge in [0, 0.05) is 18.1 Å². The van der Waals surface area contributed by atoms with Crippen LogP contribution in [0.15, 0.2) is 35.4 Å². The Morgan fingerprint density at radius 1 is 0.862 bits per heavy atom. The molecular weight excluding hydrogens is 380 g/mol. The lowest BCUT2D eigenvalue weighted by Crippen LogP contribution is -2.17. The Morgan fingerprint density at radius 3 is 1.97 bits per heavy atom. The van der Waals surface area contributed by atoms with Crippen molar-refractivity contribution in [1.29, 1.82) is 0 Å². The van der Waals surface area contributed by atoms with Gasteiger partial charge >= 0.3 is 5.97 Å². The number of rotatable bonds is 8. The number of benzene rings is 2. The lowest BCUT2D eigenvalue weighted by atomic mass is 10.2. The van der Waals surface area contributed by atoms with Crippen LogP contribution in [0, 0.1) is 0 Å². The molecule has 0 unspecified atom stereocenters. The molecule has 0 heterocycles. The minimum Gasteiger partial charge on any atom is -0.493 e. The van der Waals surface area contributed by atoms with Gasteiger partial charge in [0.25, 0.3) is 5.91 Å². The molecule has 0 aliphatic carbocycles. The Labute approximate surface area is 168 Å². The zero-order valence-electron chi connectivity index (χ0n) is 16.8. The number of nitrogens with one attached hydrogen (secondary N) is 1. The van der Waals surface area contributed by atoms with Crippen LogP contribution in [-0.2, 0) is 4.79 Å². The summed E-state index contributed by atoms with van der Waals surface area (Å²) in [5, 5.41) is 3.94. The highest BCUT2D eigenvalue weighted by molar-refractivity contribution is 5.95. The van der Waals surface area contributed by atoms with Gasteiger partial charge in [-0.25, -0.2) is 5.43 Å².